The van der Waals surface area contributed by atoms with Crippen molar-refractivity contribution < 1.29 is 9.53 Å². The van der Waals surface area contributed by atoms with E-state index in [0.29, 0.717) is 6.42 Å². The highest BCUT2D eigenvalue weighted by molar-refractivity contribution is 5.69. The summed E-state index contributed by atoms with van der Waals surface area (Å²) in [5, 5.41) is 0. The van der Waals surface area contributed by atoms with Crippen LogP contribution in [0.3, 0.4) is 0 Å². The second-order valence-corrected chi connectivity index (χ2v) is 18.6. The Morgan fingerprint density at radius 3 is 1.52 bits per heavy atom. The molecule has 3 nitrogen and oxygen atoms in total. The summed E-state index contributed by atoms with van der Waals surface area (Å²) in [6.45, 7) is 8.10. The Balaban J connectivity index is 1.15. The van der Waals surface area contributed by atoms with E-state index in [4.69, 9.17) is 4.74 Å². The van der Waals surface area contributed by atoms with E-state index in [-0.39, 0.29) is 12.1 Å². The van der Waals surface area contributed by atoms with E-state index in [1.807, 2.05) is 0 Å². The van der Waals surface area contributed by atoms with Crippen LogP contribution < -0.4 is 0 Å². The zero-order valence-electron chi connectivity index (χ0n) is 34.7. The molecular formula is C47H89NO2. The Morgan fingerprint density at radius 2 is 0.980 bits per heavy atom. The highest BCUT2D eigenvalue weighted by Gasteiger charge is 2.44. The van der Waals surface area contributed by atoms with Crippen LogP contribution in [0.5, 0.6) is 0 Å². The minimum Gasteiger partial charge on any atom is -0.462 e. The lowest BCUT2D eigenvalue weighted by Crippen LogP contribution is -2.20. The van der Waals surface area contributed by atoms with Crippen LogP contribution in [-0.2, 0) is 9.53 Å². The van der Waals surface area contributed by atoms with Crippen molar-refractivity contribution in [3.8, 4) is 0 Å². The molecule has 0 aromatic rings. The van der Waals surface area contributed by atoms with Gasteiger partial charge in [-0.2, -0.15) is 0 Å². The number of rotatable bonds is 36. The predicted octanol–water partition coefficient (Wildman–Crippen LogP) is 14.4. The fourth-order valence-corrected chi connectivity index (χ4v) is 9.37. The Kier molecular flexibility index (Phi) is 23.7. The maximum absolute atomic E-state index is 12.6. The van der Waals surface area contributed by atoms with Crippen LogP contribution in [0.4, 0.5) is 0 Å². The normalized spacial score (nSPS) is 25.2. The Labute approximate surface area is 314 Å². The summed E-state index contributed by atoms with van der Waals surface area (Å²) in [5.74, 6) is 7.52. The van der Waals surface area contributed by atoms with Gasteiger partial charge >= 0.3 is 5.97 Å². The molecule has 3 aliphatic rings. The van der Waals surface area contributed by atoms with E-state index in [1.54, 1.807) is 19.3 Å². The van der Waals surface area contributed by atoms with Gasteiger partial charge in [0, 0.05) is 6.42 Å². The molecule has 0 bridgehead atoms. The Hall–Kier alpha value is -0.570. The summed E-state index contributed by atoms with van der Waals surface area (Å²) in [6.07, 6.45) is 43.7. The van der Waals surface area contributed by atoms with Crippen LogP contribution in [0.15, 0.2) is 0 Å². The third kappa shape index (κ3) is 21.8. The number of esters is 1. The summed E-state index contributed by atoms with van der Waals surface area (Å²) >= 11 is 0. The van der Waals surface area contributed by atoms with Gasteiger partial charge in [0.05, 0.1) is 0 Å². The van der Waals surface area contributed by atoms with Gasteiger partial charge in [0.25, 0.3) is 0 Å². The van der Waals surface area contributed by atoms with E-state index >= 15 is 0 Å². The molecule has 0 saturated heterocycles. The third-order valence-electron chi connectivity index (χ3n) is 13.3. The van der Waals surface area contributed by atoms with Crippen LogP contribution in [0, 0.1) is 41.4 Å². The lowest BCUT2D eigenvalue weighted by molar-refractivity contribution is -0.150. The number of nitrogens with zero attached hydrogens (tertiary/aromatic N) is 1. The smallest absolute Gasteiger partial charge is 0.306 e. The fraction of sp³-hybridized carbons (Fsp3) is 0.979. The molecule has 8 atom stereocenters. The highest BCUT2D eigenvalue weighted by Crippen LogP contribution is 2.54. The monoisotopic (exact) mass is 700 g/mol. The van der Waals surface area contributed by atoms with E-state index < -0.39 is 0 Å². The number of hydrogen-bond acceptors (Lipinski definition) is 3. The van der Waals surface area contributed by atoms with Crippen LogP contribution in [-0.4, -0.2) is 37.6 Å². The Bertz CT molecular complexity index is 808. The summed E-state index contributed by atoms with van der Waals surface area (Å²) in [6, 6.07) is 0. The quantitative estimate of drug-likeness (QED) is 0.0481. The lowest BCUT2D eigenvalue weighted by atomic mass is 9.95. The minimum absolute atomic E-state index is 0.0340. The molecule has 0 aromatic carbocycles. The van der Waals surface area contributed by atoms with Crippen molar-refractivity contribution in [3.63, 3.8) is 0 Å². The maximum Gasteiger partial charge on any atom is 0.306 e. The van der Waals surface area contributed by atoms with Gasteiger partial charge in [-0.25, -0.2) is 0 Å². The van der Waals surface area contributed by atoms with Crippen LogP contribution in [0.1, 0.15) is 226 Å². The van der Waals surface area contributed by atoms with Crippen molar-refractivity contribution in [2.45, 2.75) is 232 Å². The first-order valence-electron chi connectivity index (χ1n) is 23.2. The van der Waals surface area contributed by atoms with Crippen molar-refractivity contribution in [2.24, 2.45) is 41.4 Å². The van der Waals surface area contributed by atoms with Gasteiger partial charge in [0.15, 0.2) is 0 Å². The summed E-state index contributed by atoms with van der Waals surface area (Å²) in [4.78, 5) is 14.8. The summed E-state index contributed by atoms with van der Waals surface area (Å²) < 4.78 is 6.07. The van der Waals surface area contributed by atoms with Gasteiger partial charge in [0.2, 0.25) is 0 Å². The van der Waals surface area contributed by atoms with Crippen molar-refractivity contribution >= 4 is 5.97 Å². The van der Waals surface area contributed by atoms with Crippen LogP contribution >= 0.6 is 0 Å². The molecule has 0 radical (unpaired) electrons. The molecule has 0 aliphatic heterocycles. The van der Waals surface area contributed by atoms with Crippen molar-refractivity contribution in [2.75, 3.05) is 20.6 Å². The van der Waals surface area contributed by atoms with E-state index in [1.165, 1.54) is 161 Å². The number of unbranched alkanes of at least 4 members (excludes halogenated alkanes) is 14. The third-order valence-corrected chi connectivity index (χ3v) is 13.3. The molecule has 3 aliphatic carbocycles. The van der Waals surface area contributed by atoms with Gasteiger partial charge < -0.3 is 9.64 Å². The zero-order valence-corrected chi connectivity index (χ0v) is 34.7. The van der Waals surface area contributed by atoms with E-state index in [9.17, 15) is 4.79 Å². The fourth-order valence-electron chi connectivity index (χ4n) is 9.37. The maximum atomic E-state index is 12.6. The molecule has 0 heterocycles. The molecule has 3 saturated carbocycles. The van der Waals surface area contributed by atoms with Crippen molar-refractivity contribution in [1.29, 1.82) is 0 Å². The molecule has 8 unspecified atom stereocenters. The second kappa shape index (κ2) is 27.1. The first kappa shape index (κ1) is 43.8. The average molecular weight is 700 g/mol. The predicted molar refractivity (Wildman–Crippen MR) is 218 cm³/mol. The molecule has 0 N–H and O–H groups in total. The number of carbonyl (C=O) groups excluding carboxylic acids is 1. The lowest BCUT2D eigenvalue weighted by Gasteiger charge is -2.18. The van der Waals surface area contributed by atoms with Crippen LogP contribution in [0.25, 0.3) is 0 Å². The van der Waals surface area contributed by atoms with Gasteiger partial charge in [-0.05, 0) is 126 Å². The van der Waals surface area contributed by atoms with Crippen molar-refractivity contribution in [3.05, 3.63) is 0 Å². The molecule has 3 rings (SSSR count). The van der Waals surface area contributed by atoms with Gasteiger partial charge in [0.1, 0.15) is 6.10 Å². The number of carbonyl (C=O) groups is 1. The SMILES string of the molecule is CCCCCC1CC1CCC(C)CCCCCCCCC(CCCCCCCCC1CC1CC1CC1CCCCC)OC(=O)CCCN(C)C. The summed E-state index contributed by atoms with van der Waals surface area (Å²) in [7, 11) is 4.16. The molecule has 50 heavy (non-hydrogen) atoms. The first-order chi connectivity index (χ1) is 24.4. The minimum atomic E-state index is 0.0340. The average Bonchev–Trinajstić information content (AvgIpc) is 4.02. The molecule has 0 aromatic heterocycles. The van der Waals surface area contributed by atoms with Gasteiger partial charge in [-0.1, -0.05) is 156 Å². The molecule has 3 heteroatoms. The summed E-state index contributed by atoms with van der Waals surface area (Å²) in [5.41, 5.74) is 0. The van der Waals surface area contributed by atoms with E-state index in [2.05, 4.69) is 39.8 Å². The first-order valence-corrected chi connectivity index (χ1v) is 23.2. The molecule has 0 amide bonds. The molecular weight excluding hydrogens is 611 g/mol. The largest absolute Gasteiger partial charge is 0.462 e. The standard InChI is InChI=1S/C47H89NO2/c1-6-8-18-26-40-35-43(40)33-32-39(3)25-20-14-10-12-16-22-29-46(50-47(49)31-24-34-48(4)5)30-23-17-13-11-15-21-28-42-37-45(42)38-44-36-41(44)27-19-9-7-2/h39-46H,6-38H2,1-5H3. The molecule has 0 spiro atoms. The van der Waals surface area contributed by atoms with Crippen LogP contribution in [0.2, 0.25) is 0 Å². The molecule has 3 fully saturated rings. The number of ether oxygens (including phenoxy) is 1. The highest BCUT2D eigenvalue weighted by atomic mass is 16.5. The van der Waals surface area contributed by atoms with Crippen molar-refractivity contribution in [1.82, 2.24) is 4.90 Å². The second-order valence-electron chi connectivity index (χ2n) is 18.6. The van der Waals surface area contributed by atoms with E-state index in [0.717, 1.165) is 67.2 Å². The van der Waals surface area contributed by atoms with Gasteiger partial charge in [-0.3, -0.25) is 4.79 Å². The topological polar surface area (TPSA) is 29.5 Å². The molecule has 294 valence electrons. The zero-order chi connectivity index (χ0) is 35.8. The van der Waals surface area contributed by atoms with Gasteiger partial charge in [-0.15, -0.1) is 0 Å². The number of hydrogen-bond donors (Lipinski definition) is 0. The Morgan fingerprint density at radius 1 is 0.540 bits per heavy atom.